The van der Waals surface area contributed by atoms with Crippen LogP contribution in [0.5, 0.6) is 0 Å². The van der Waals surface area contributed by atoms with Crippen molar-refractivity contribution >= 4 is 23.5 Å². The average molecular weight is 195 g/mol. The summed E-state index contributed by atoms with van der Waals surface area (Å²) in [4.78, 5) is 7.73. The molecule has 0 fully saturated rings. The molecule has 1 aromatic rings. The molecule has 5 heteroatoms. The molecule has 0 unspecified atom stereocenters. The van der Waals surface area contributed by atoms with Crippen LogP contribution in [0.1, 0.15) is 12.1 Å². The Kier molecular flexibility index (Phi) is 3.23. The molecule has 0 spiro atoms. The summed E-state index contributed by atoms with van der Waals surface area (Å²) in [5, 5.41) is 8.51. The molecule has 0 saturated heterocycles. The van der Waals surface area contributed by atoms with Gasteiger partial charge in [0.25, 0.3) is 0 Å². The Morgan fingerprint density at radius 3 is 3.08 bits per heavy atom. The van der Waals surface area contributed by atoms with Crippen LogP contribution < -0.4 is 5.73 Å². The third-order valence-corrected chi connectivity index (χ3v) is 1.54. The first-order valence-electron chi connectivity index (χ1n) is 3.55. The Labute approximate surface area is 80.7 Å². The van der Waals surface area contributed by atoms with E-state index in [1.807, 2.05) is 6.07 Å². The summed E-state index contributed by atoms with van der Waals surface area (Å²) in [5.74, 6) is 0.280. The Bertz CT molecular complexity index is 367. The molecule has 0 aliphatic rings. The molecule has 0 atom stereocenters. The van der Waals surface area contributed by atoms with Gasteiger partial charge in [-0.3, -0.25) is 0 Å². The van der Waals surface area contributed by atoms with E-state index >= 15 is 0 Å². The lowest BCUT2D eigenvalue weighted by Gasteiger charge is -1.96. The Hall–Kier alpha value is -1.60. The van der Waals surface area contributed by atoms with Gasteiger partial charge in [-0.1, -0.05) is 17.7 Å². The number of anilines is 1. The molecule has 66 valence electrons. The maximum Gasteiger partial charge on any atom is 0.157 e. The van der Waals surface area contributed by atoms with E-state index in [-0.39, 0.29) is 11.0 Å². The molecule has 0 aliphatic heterocycles. The van der Waals surface area contributed by atoms with Gasteiger partial charge in [-0.05, 0) is 6.08 Å². The first-order valence-corrected chi connectivity index (χ1v) is 3.93. The number of nitrogen functional groups attached to an aromatic ring is 1. The van der Waals surface area contributed by atoms with Crippen LogP contribution in [-0.2, 0) is 0 Å². The van der Waals surface area contributed by atoms with Crippen LogP contribution in [0.4, 0.5) is 5.82 Å². The molecule has 0 amide bonds. The number of aromatic nitrogens is 2. The van der Waals surface area contributed by atoms with Crippen molar-refractivity contribution in [1.82, 2.24) is 9.97 Å². The highest BCUT2D eigenvalue weighted by Gasteiger charge is 1.98. The molecule has 0 saturated carbocycles. The molecule has 0 aliphatic carbocycles. The van der Waals surface area contributed by atoms with E-state index in [2.05, 4.69) is 9.97 Å². The van der Waals surface area contributed by atoms with Crippen molar-refractivity contribution in [1.29, 1.82) is 5.26 Å². The van der Waals surface area contributed by atoms with Crippen LogP contribution in [-0.4, -0.2) is 9.97 Å². The fourth-order valence-electron chi connectivity index (χ4n) is 0.723. The second-order valence-electron chi connectivity index (χ2n) is 2.24. The number of halogens is 1. The van der Waals surface area contributed by atoms with Crippen LogP contribution in [0.2, 0.25) is 5.15 Å². The van der Waals surface area contributed by atoms with Gasteiger partial charge in [-0.15, -0.1) is 0 Å². The average Bonchev–Trinajstić information content (AvgIpc) is 2.09. The fraction of sp³-hybridized carbons (Fsp3) is 0.125. The van der Waals surface area contributed by atoms with E-state index in [1.54, 1.807) is 12.2 Å². The number of allylic oxidation sites excluding steroid dienone is 1. The molecule has 0 bridgehead atoms. The van der Waals surface area contributed by atoms with Gasteiger partial charge in [-0.2, -0.15) is 5.26 Å². The predicted octanol–water partition coefficient (Wildman–Crippen LogP) is 1.64. The van der Waals surface area contributed by atoms with E-state index in [0.717, 1.165) is 0 Å². The van der Waals surface area contributed by atoms with Gasteiger partial charge in [0.15, 0.2) is 5.15 Å². The first-order chi connectivity index (χ1) is 6.24. The van der Waals surface area contributed by atoms with Gasteiger partial charge in [0.05, 0.1) is 18.7 Å². The molecule has 13 heavy (non-hydrogen) atoms. The monoisotopic (exact) mass is 194 g/mol. The smallest absolute Gasteiger partial charge is 0.157 e. The summed E-state index contributed by atoms with van der Waals surface area (Å²) < 4.78 is 0. The molecule has 4 nitrogen and oxygen atoms in total. The number of rotatable bonds is 2. The Morgan fingerprint density at radius 1 is 1.69 bits per heavy atom. The topological polar surface area (TPSA) is 75.6 Å². The lowest BCUT2D eigenvalue weighted by atomic mass is 10.3. The summed E-state index contributed by atoms with van der Waals surface area (Å²) in [6.45, 7) is 0. The predicted molar refractivity (Wildman–Crippen MR) is 50.7 cm³/mol. The zero-order chi connectivity index (χ0) is 9.68. The minimum atomic E-state index is 0.245. The second kappa shape index (κ2) is 4.43. The quantitative estimate of drug-likeness (QED) is 0.777. The fourth-order valence-corrected chi connectivity index (χ4v) is 0.933. The molecule has 1 aromatic heterocycles. The first kappa shape index (κ1) is 9.49. The summed E-state index contributed by atoms with van der Waals surface area (Å²) in [7, 11) is 0. The standard InChI is InChI=1S/C8H7ClN4/c9-8-6(3-1-2-4-10)12-5-7(11)13-8/h1,3,5H,2H2,(H2,11,13). The van der Waals surface area contributed by atoms with Crippen LogP contribution in [0.25, 0.3) is 6.08 Å². The van der Waals surface area contributed by atoms with Crippen LogP contribution in [0, 0.1) is 11.3 Å². The summed E-state index contributed by atoms with van der Waals surface area (Å²) in [5.41, 5.74) is 5.87. The highest BCUT2D eigenvalue weighted by molar-refractivity contribution is 6.30. The maximum atomic E-state index is 8.27. The van der Waals surface area contributed by atoms with E-state index < -0.39 is 0 Å². The minimum Gasteiger partial charge on any atom is -0.382 e. The minimum absolute atomic E-state index is 0.245. The molecule has 1 heterocycles. The number of nitriles is 1. The summed E-state index contributed by atoms with van der Waals surface area (Å²) >= 11 is 5.72. The van der Waals surface area contributed by atoms with Crippen molar-refractivity contribution in [3.8, 4) is 6.07 Å². The lowest BCUT2D eigenvalue weighted by Crippen LogP contribution is -1.94. The van der Waals surface area contributed by atoms with Gasteiger partial charge < -0.3 is 5.73 Å². The molecule has 2 N–H and O–H groups in total. The van der Waals surface area contributed by atoms with E-state index in [9.17, 15) is 0 Å². The van der Waals surface area contributed by atoms with Gasteiger partial charge in [0.2, 0.25) is 0 Å². The molecule has 0 aromatic carbocycles. The van der Waals surface area contributed by atoms with Crippen LogP contribution >= 0.6 is 11.6 Å². The van der Waals surface area contributed by atoms with Gasteiger partial charge in [-0.25, -0.2) is 9.97 Å². The van der Waals surface area contributed by atoms with Crippen LogP contribution in [0.3, 0.4) is 0 Å². The number of hydrogen-bond donors (Lipinski definition) is 1. The largest absolute Gasteiger partial charge is 0.382 e. The van der Waals surface area contributed by atoms with E-state index in [4.69, 9.17) is 22.6 Å². The van der Waals surface area contributed by atoms with Gasteiger partial charge in [0.1, 0.15) is 11.5 Å². The SMILES string of the molecule is N#CCC=Cc1ncc(N)nc1Cl. The summed E-state index contributed by atoms with van der Waals surface area (Å²) in [6.07, 6.45) is 5.03. The van der Waals surface area contributed by atoms with Crippen LogP contribution in [0.15, 0.2) is 12.3 Å². The zero-order valence-corrected chi connectivity index (χ0v) is 7.49. The molecular weight excluding hydrogens is 188 g/mol. The maximum absolute atomic E-state index is 8.27. The third-order valence-electron chi connectivity index (χ3n) is 1.26. The van der Waals surface area contributed by atoms with Gasteiger partial charge in [0, 0.05) is 0 Å². The van der Waals surface area contributed by atoms with Crippen molar-refractivity contribution in [2.24, 2.45) is 0 Å². The zero-order valence-electron chi connectivity index (χ0n) is 6.74. The number of nitrogens with two attached hydrogens (primary N) is 1. The normalized spacial score (nSPS) is 10.2. The van der Waals surface area contributed by atoms with Crippen molar-refractivity contribution in [2.75, 3.05) is 5.73 Å². The van der Waals surface area contributed by atoms with Crippen molar-refractivity contribution in [3.63, 3.8) is 0 Å². The van der Waals surface area contributed by atoms with Crippen molar-refractivity contribution in [3.05, 3.63) is 23.1 Å². The molecule has 0 radical (unpaired) electrons. The third kappa shape index (κ3) is 2.73. The second-order valence-corrected chi connectivity index (χ2v) is 2.59. The van der Waals surface area contributed by atoms with Crippen molar-refractivity contribution < 1.29 is 0 Å². The number of nitrogens with zero attached hydrogens (tertiary/aromatic N) is 3. The van der Waals surface area contributed by atoms with E-state index in [0.29, 0.717) is 12.1 Å². The highest BCUT2D eigenvalue weighted by Crippen LogP contribution is 2.13. The number of hydrogen-bond acceptors (Lipinski definition) is 4. The molecule has 1 rings (SSSR count). The van der Waals surface area contributed by atoms with Gasteiger partial charge >= 0.3 is 0 Å². The molecular formula is C8H7ClN4. The highest BCUT2D eigenvalue weighted by atomic mass is 35.5. The summed E-state index contributed by atoms with van der Waals surface area (Å²) in [6, 6.07) is 1.97. The lowest BCUT2D eigenvalue weighted by molar-refractivity contribution is 1.19. The van der Waals surface area contributed by atoms with E-state index in [1.165, 1.54) is 6.20 Å². The Morgan fingerprint density at radius 2 is 2.46 bits per heavy atom. The Balaban J connectivity index is 2.85. The van der Waals surface area contributed by atoms with Crippen molar-refractivity contribution in [2.45, 2.75) is 6.42 Å².